The highest BCUT2D eigenvalue weighted by Gasteiger charge is 2.18. The van der Waals surface area contributed by atoms with Gasteiger partial charge in [-0.1, -0.05) is 0 Å². The molecule has 0 aromatic rings. The van der Waals surface area contributed by atoms with Gasteiger partial charge in [0.15, 0.2) is 0 Å². The van der Waals surface area contributed by atoms with E-state index in [1.807, 2.05) is 0 Å². The third-order valence-corrected chi connectivity index (χ3v) is 2.35. The fourth-order valence-corrected chi connectivity index (χ4v) is 1.64. The summed E-state index contributed by atoms with van der Waals surface area (Å²) in [6.45, 7) is 0. The van der Waals surface area contributed by atoms with Crippen molar-refractivity contribution in [2.75, 3.05) is 12.9 Å². The van der Waals surface area contributed by atoms with Gasteiger partial charge >= 0.3 is 5.97 Å². The van der Waals surface area contributed by atoms with Crippen LogP contribution in [0.4, 0.5) is 0 Å². The number of carbonyl (C=O) groups excluding carboxylic acids is 1. The summed E-state index contributed by atoms with van der Waals surface area (Å²) in [5.74, 6) is 0.503. The zero-order valence-electron chi connectivity index (χ0n) is 5.66. The predicted octanol–water partition coefficient (Wildman–Crippen LogP) is 0.117. The average molecular weight is 159 g/mol. The molecular formula is C6H9NO2S. The van der Waals surface area contributed by atoms with Gasteiger partial charge in [0.1, 0.15) is 0 Å². The minimum Gasteiger partial charge on any atom is -0.465 e. The number of hydrogen-bond acceptors (Lipinski definition) is 4. The molecule has 1 aliphatic rings. The number of methoxy groups -OCH3 is 1. The van der Waals surface area contributed by atoms with Crippen molar-refractivity contribution < 1.29 is 9.53 Å². The second-order valence-electron chi connectivity index (χ2n) is 2.00. The van der Waals surface area contributed by atoms with E-state index < -0.39 is 0 Å². The molecule has 0 saturated heterocycles. The first-order valence-corrected chi connectivity index (χ1v) is 3.91. The van der Waals surface area contributed by atoms with Crippen LogP contribution in [-0.4, -0.2) is 24.9 Å². The van der Waals surface area contributed by atoms with Crippen molar-refractivity contribution in [1.82, 2.24) is 0 Å². The fraction of sp³-hybridized carbons (Fsp3) is 0.500. The zero-order chi connectivity index (χ0) is 7.56. The quantitative estimate of drug-likeness (QED) is 0.552. The van der Waals surface area contributed by atoms with E-state index in [0.717, 1.165) is 5.75 Å². The van der Waals surface area contributed by atoms with E-state index in [4.69, 9.17) is 5.73 Å². The maximum Gasteiger partial charge on any atom is 0.344 e. The number of esters is 1. The van der Waals surface area contributed by atoms with Crippen LogP contribution in [0.15, 0.2) is 11.0 Å². The van der Waals surface area contributed by atoms with Crippen molar-refractivity contribution in [3.8, 4) is 0 Å². The molecule has 0 bridgehead atoms. The lowest BCUT2D eigenvalue weighted by Crippen LogP contribution is -2.15. The average Bonchev–Trinajstić information content (AvgIpc) is 2.34. The van der Waals surface area contributed by atoms with E-state index in [0.29, 0.717) is 4.91 Å². The zero-order valence-corrected chi connectivity index (χ0v) is 6.48. The fourth-order valence-electron chi connectivity index (χ4n) is 0.704. The maximum absolute atomic E-state index is 10.8. The molecule has 4 heteroatoms. The number of ether oxygens (including phenoxy) is 1. The molecule has 0 aliphatic carbocycles. The van der Waals surface area contributed by atoms with E-state index in [2.05, 4.69) is 4.74 Å². The number of hydrogen-bond donors (Lipinski definition) is 1. The van der Waals surface area contributed by atoms with Crippen LogP contribution in [-0.2, 0) is 9.53 Å². The molecule has 0 fully saturated rings. The third-order valence-electron chi connectivity index (χ3n) is 1.18. The number of rotatable bonds is 1. The maximum atomic E-state index is 10.8. The van der Waals surface area contributed by atoms with Crippen molar-refractivity contribution in [2.24, 2.45) is 5.73 Å². The Kier molecular flexibility index (Phi) is 2.34. The van der Waals surface area contributed by atoms with Gasteiger partial charge in [-0.05, 0) is 6.08 Å². The van der Waals surface area contributed by atoms with Crippen LogP contribution in [0.2, 0.25) is 0 Å². The first-order valence-electron chi connectivity index (χ1n) is 2.92. The topological polar surface area (TPSA) is 52.3 Å². The van der Waals surface area contributed by atoms with Gasteiger partial charge in [-0.2, -0.15) is 0 Å². The molecule has 0 amide bonds. The number of carbonyl (C=O) groups is 1. The molecule has 1 atom stereocenters. The number of thioether (sulfide) groups is 1. The van der Waals surface area contributed by atoms with Crippen LogP contribution < -0.4 is 5.73 Å². The van der Waals surface area contributed by atoms with Crippen LogP contribution in [0.25, 0.3) is 0 Å². The van der Waals surface area contributed by atoms with Crippen LogP contribution in [0, 0.1) is 0 Å². The second kappa shape index (κ2) is 3.07. The van der Waals surface area contributed by atoms with Crippen LogP contribution >= 0.6 is 11.8 Å². The standard InChI is InChI=1S/C6H9NO2S/c1-9-6(8)5-2-4(7)3-10-5/h2,4H,3,7H2,1H3. The normalized spacial score (nSPS) is 24.2. The van der Waals surface area contributed by atoms with E-state index >= 15 is 0 Å². The van der Waals surface area contributed by atoms with Crippen LogP contribution in [0.5, 0.6) is 0 Å². The highest BCUT2D eigenvalue weighted by Crippen LogP contribution is 2.24. The summed E-state index contributed by atoms with van der Waals surface area (Å²) in [6, 6.07) is 0.0131. The lowest BCUT2D eigenvalue weighted by Gasteiger charge is -1.95. The molecular weight excluding hydrogens is 150 g/mol. The summed E-state index contributed by atoms with van der Waals surface area (Å²) in [5, 5.41) is 0. The monoisotopic (exact) mass is 159 g/mol. The Morgan fingerprint density at radius 1 is 2.00 bits per heavy atom. The molecule has 1 aliphatic heterocycles. The molecule has 0 aromatic carbocycles. The molecule has 0 saturated carbocycles. The van der Waals surface area contributed by atoms with Crippen molar-refractivity contribution in [1.29, 1.82) is 0 Å². The van der Waals surface area contributed by atoms with Gasteiger partial charge in [0, 0.05) is 11.8 Å². The van der Waals surface area contributed by atoms with E-state index in [9.17, 15) is 4.79 Å². The first-order chi connectivity index (χ1) is 4.74. The molecule has 10 heavy (non-hydrogen) atoms. The van der Waals surface area contributed by atoms with Crippen LogP contribution in [0.1, 0.15) is 0 Å². The lowest BCUT2D eigenvalue weighted by atomic mass is 10.3. The summed E-state index contributed by atoms with van der Waals surface area (Å²) >= 11 is 1.44. The van der Waals surface area contributed by atoms with E-state index in [1.54, 1.807) is 6.08 Å². The summed E-state index contributed by atoms with van der Waals surface area (Å²) in [4.78, 5) is 11.4. The molecule has 1 heterocycles. The van der Waals surface area contributed by atoms with Crippen LogP contribution in [0.3, 0.4) is 0 Å². The summed E-state index contributed by atoms with van der Waals surface area (Å²) in [7, 11) is 1.37. The lowest BCUT2D eigenvalue weighted by molar-refractivity contribution is -0.135. The SMILES string of the molecule is COC(=O)C1=CC(N)CS1. The highest BCUT2D eigenvalue weighted by atomic mass is 32.2. The first kappa shape index (κ1) is 7.63. The minimum atomic E-state index is -0.280. The van der Waals surface area contributed by atoms with Gasteiger partial charge in [-0.25, -0.2) is 4.79 Å². The number of nitrogens with two attached hydrogens (primary N) is 1. The van der Waals surface area contributed by atoms with Crippen molar-refractivity contribution in [2.45, 2.75) is 6.04 Å². The Labute approximate surface area is 63.6 Å². The molecule has 0 aromatic heterocycles. The van der Waals surface area contributed by atoms with E-state index in [-0.39, 0.29) is 12.0 Å². The summed E-state index contributed by atoms with van der Waals surface area (Å²) < 4.78 is 4.50. The van der Waals surface area contributed by atoms with Crippen molar-refractivity contribution in [3.05, 3.63) is 11.0 Å². The van der Waals surface area contributed by atoms with Gasteiger partial charge in [0.25, 0.3) is 0 Å². The van der Waals surface area contributed by atoms with Gasteiger partial charge in [0.2, 0.25) is 0 Å². The van der Waals surface area contributed by atoms with Gasteiger partial charge < -0.3 is 10.5 Å². The third kappa shape index (κ3) is 1.52. The summed E-state index contributed by atoms with van der Waals surface area (Å²) in [6.07, 6.45) is 1.73. The van der Waals surface area contributed by atoms with Crippen molar-refractivity contribution >= 4 is 17.7 Å². The minimum absolute atomic E-state index is 0.0131. The Morgan fingerprint density at radius 2 is 2.70 bits per heavy atom. The van der Waals surface area contributed by atoms with Crippen molar-refractivity contribution in [3.63, 3.8) is 0 Å². The Hall–Kier alpha value is -0.480. The molecule has 0 radical (unpaired) electrons. The molecule has 1 unspecified atom stereocenters. The molecule has 2 N–H and O–H groups in total. The molecule has 0 spiro atoms. The largest absolute Gasteiger partial charge is 0.465 e. The highest BCUT2D eigenvalue weighted by molar-refractivity contribution is 8.04. The summed E-state index contributed by atoms with van der Waals surface area (Å²) in [5.41, 5.74) is 5.51. The Bertz CT molecular complexity index is 179. The molecule has 1 rings (SSSR count). The second-order valence-corrected chi connectivity index (χ2v) is 3.06. The molecule has 3 nitrogen and oxygen atoms in total. The Balaban J connectivity index is 2.57. The predicted molar refractivity (Wildman–Crippen MR) is 40.5 cm³/mol. The van der Waals surface area contributed by atoms with Gasteiger partial charge in [0.05, 0.1) is 12.0 Å². The smallest absolute Gasteiger partial charge is 0.344 e. The van der Waals surface area contributed by atoms with E-state index in [1.165, 1.54) is 18.9 Å². The molecule has 56 valence electrons. The van der Waals surface area contributed by atoms with Gasteiger partial charge in [-0.3, -0.25) is 0 Å². The van der Waals surface area contributed by atoms with Gasteiger partial charge in [-0.15, -0.1) is 11.8 Å². The Morgan fingerprint density at radius 3 is 3.10 bits per heavy atom.